The third kappa shape index (κ3) is 6.53. The summed E-state index contributed by atoms with van der Waals surface area (Å²) < 4.78 is 5.37. The van der Waals surface area contributed by atoms with Gasteiger partial charge in [-0.1, -0.05) is 23.7 Å². The Morgan fingerprint density at radius 2 is 1.88 bits per heavy atom. The van der Waals surface area contributed by atoms with Crippen molar-refractivity contribution in [2.45, 2.75) is 13.0 Å². The SMILES string of the molecule is N#CCC(=O)NCc1cccc(NC(=O)COc2ccc(Cl)cc2)c1. The maximum absolute atomic E-state index is 11.9. The summed E-state index contributed by atoms with van der Waals surface area (Å²) in [4.78, 5) is 23.2. The van der Waals surface area contributed by atoms with Crippen molar-refractivity contribution in [1.82, 2.24) is 5.32 Å². The van der Waals surface area contributed by atoms with Crippen molar-refractivity contribution < 1.29 is 14.3 Å². The van der Waals surface area contributed by atoms with E-state index in [1.54, 1.807) is 48.5 Å². The Morgan fingerprint density at radius 1 is 1.12 bits per heavy atom. The number of nitrogens with zero attached hydrogens (tertiary/aromatic N) is 1. The summed E-state index contributed by atoms with van der Waals surface area (Å²) in [5.74, 6) is -0.0950. The zero-order valence-electron chi connectivity index (χ0n) is 13.3. The molecule has 0 aliphatic rings. The summed E-state index contributed by atoms with van der Waals surface area (Å²) >= 11 is 5.78. The molecule has 0 spiro atoms. The maximum Gasteiger partial charge on any atom is 0.262 e. The number of halogens is 1. The summed E-state index contributed by atoms with van der Waals surface area (Å²) in [5.41, 5.74) is 1.40. The number of ether oxygens (including phenoxy) is 1. The van der Waals surface area contributed by atoms with E-state index in [0.717, 1.165) is 5.56 Å². The quantitative estimate of drug-likeness (QED) is 0.797. The first-order valence-electron chi connectivity index (χ1n) is 7.47. The minimum absolute atomic E-state index is 0.134. The molecule has 0 unspecified atom stereocenters. The predicted octanol–water partition coefficient (Wildman–Crippen LogP) is 2.89. The lowest BCUT2D eigenvalue weighted by Crippen LogP contribution is -2.22. The van der Waals surface area contributed by atoms with E-state index in [9.17, 15) is 9.59 Å². The fraction of sp³-hybridized carbons (Fsp3) is 0.167. The first-order chi connectivity index (χ1) is 12.1. The van der Waals surface area contributed by atoms with E-state index in [2.05, 4.69) is 10.6 Å². The van der Waals surface area contributed by atoms with Crippen LogP contribution >= 0.6 is 11.6 Å². The number of anilines is 1. The Kier molecular flexibility index (Phi) is 6.81. The second-order valence-corrected chi connectivity index (χ2v) is 5.54. The molecule has 2 amide bonds. The number of carbonyl (C=O) groups excluding carboxylic acids is 2. The number of benzene rings is 2. The second kappa shape index (κ2) is 9.30. The largest absolute Gasteiger partial charge is 0.484 e. The van der Waals surface area contributed by atoms with Crippen LogP contribution in [0.3, 0.4) is 0 Å². The molecule has 0 saturated carbocycles. The third-order valence-corrected chi connectivity index (χ3v) is 3.38. The first kappa shape index (κ1) is 18.3. The number of hydrogen-bond donors (Lipinski definition) is 2. The van der Waals surface area contributed by atoms with Gasteiger partial charge in [0.2, 0.25) is 5.91 Å². The van der Waals surface area contributed by atoms with Crippen LogP contribution < -0.4 is 15.4 Å². The molecule has 2 rings (SSSR count). The van der Waals surface area contributed by atoms with Gasteiger partial charge >= 0.3 is 0 Å². The van der Waals surface area contributed by atoms with Gasteiger partial charge < -0.3 is 15.4 Å². The summed E-state index contributed by atoms with van der Waals surface area (Å²) in [7, 11) is 0. The van der Waals surface area contributed by atoms with Crippen LogP contribution in [-0.4, -0.2) is 18.4 Å². The van der Waals surface area contributed by atoms with Gasteiger partial charge in [-0.15, -0.1) is 0 Å². The van der Waals surface area contributed by atoms with Crippen molar-refractivity contribution in [2.75, 3.05) is 11.9 Å². The lowest BCUT2D eigenvalue weighted by atomic mass is 10.2. The molecule has 0 fully saturated rings. The molecule has 7 heteroatoms. The van der Waals surface area contributed by atoms with Gasteiger partial charge in [0.05, 0.1) is 6.07 Å². The van der Waals surface area contributed by atoms with Crippen molar-refractivity contribution in [2.24, 2.45) is 0 Å². The molecular weight excluding hydrogens is 342 g/mol. The highest BCUT2D eigenvalue weighted by molar-refractivity contribution is 6.30. The normalized spacial score (nSPS) is 9.76. The minimum Gasteiger partial charge on any atom is -0.484 e. The zero-order valence-corrected chi connectivity index (χ0v) is 14.0. The number of nitriles is 1. The van der Waals surface area contributed by atoms with Gasteiger partial charge in [0.1, 0.15) is 12.2 Å². The third-order valence-electron chi connectivity index (χ3n) is 3.12. The van der Waals surface area contributed by atoms with Crippen LogP contribution in [0.25, 0.3) is 0 Å². The minimum atomic E-state index is -0.340. The van der Waals surface area contributed by atoms with Crippen molar-refractivity contribution >= 4 is 29.1 Å². The Hall–Kier alpha value is -3.04. The molecule has 0 atom stereocenters. The average molecular weight is 358 g/mol. The predicted molar refractivity (Wildman–Crippen MR) is 94.1 cm³/mol. The van der Waals surface area contributed by atoms with Crippen molar-refractivity contribution in [3.63, 3.8) is 0 Å². The van der Waals surface area contributed by atoms with E-state index >= 15 is 0 Å². The monoisotopic (exact) mass is 357 g/mol. The Balaban J connectivity index is 1.84. The molecule has 0 bridgehead atoms. The van der Waals surface area contributed by atoms with Crippen molar-refractivity contribution in [3.05, 3.63) is 59.1 Å². The highest BCUT2D eigenvalue weighted by atomic mass is 35.5. The summed E-state index contributed by atoms with van der Waals surface area (Å²) in [6.45, 7) is 0.149. The Morgan fingerprint density at radius 3 is 2.60 bits per heavy atom. The molecule has 0 aliphatic heterocycles. The van der Waals surface area contributed by atoms with Gasteiger partial charge in [0, 0.05) is 17.3 Å². The van der Waals surface area contributed by atoms with Crippen LogP contribution in [0.15, 0.2) is 48.5 Å². The highest BCUT2D eigenvalue weighted by Crippen LogP contribution is 2.16. The molecule has 0 saturated heterocycles. The fourth-order valence-electron chi connectivity index (χ4n) is 1.97. The summed E-state index contributed by atoms with van der Waals surface area (Å²) in [6, 6.07) is 15.6. The van der Waals surface area contributed by atoms with Crippen LogP contribution in [0.1, 0.15) is 12.0 Å². The van der Waals surface area contributed by atoms with Gasteiger partial charge in [-0.25, -0.2) is 0 Å². The van der Waals surface area contributed by atoms with Crippen LogP contribution in [-0.2, 0) is 16.1 Å². The molecule has 2 N–H and O–H groups in total. The molecule has 0 aliphatic carbocycles. The van der Waals surface area contributed by atoms with Crippen molar-refractivity contribution in [3.8, 4) is 11.8 Å². The van der Waals surface area contributed by atoms with Crippen LogP contribution in [0.4, 0.5) is 5.69 Å². The van der Waals surface area contributed by atoms with Gasteiger partial charge in [0.25, 0.3) is 5.91 Å². The molecule has 128 valence electrons. The van der Waals surface area contributed by atoms with Crippen LogP contribution in [0.2, 0.25) is 5.02 Å². The zero-order chi connectivity index (χ0) is 18.1. The van der Waals surface area contributed by atoms with E-state index in [0.29, 0.717) is 16.5 Å². The molecule has 0 radical (unpaired) electrons. The number of hydrogen-bond acceptors (Lipinski definition) is 4. The van der Waals surface area contributed by atoms with Crippen molar-refractivity contribution in [1.29, 1.82) is 5.26 Å². The standard InChI is InChI=1S/C18H16ClN3O3/c19-14-4-6-16(7-5-14)25-12-18(24)22-15-3-1-2-13(10-15)11-21-17(23)8-9-20/h1-7,10H,8,11-12H2,(H,21,23)(H,22,24). The second-order valence-electron chi connectivity index (χ2n) is 5.10. The molecule has 25 heavy (non-hydrogen) atoms. The number of amides is 2. The number of rotatable bonds is 7. The number of nitrogens with one attached hydrogen (secondary N) is 2. The van der Waals surface area contributed by atoms with E-state index in [1.807, 2.05) is 6.07 Å². The van der Waals surface area contributed by atoms with E-state index in [1.165, 1.54) is 0 Å². The Bertz CT molecular complexity index is 785. The average Bonchev–Trinajstić information content (AvgIpc) is 2.60. The van der Waals surface area contributed by atoms with Gasteiger partial charge in [-0.3, -0.25) is 9.59 Å². The topological polar surface area (TPSA) is 91.2 Å². The van der Waals surface area contributed by atoms with E-state index in [4.69, 9.17) is 21.6 Å². The molecule has 0 heterocycles. The smallest absolute Gasteiger partial charge is 0.262 e. The van der Waals surface area contributed by atoms with Gasteiger partial charge in [-0.2, -0.15) is 5.26 Å². The molecule has 0 aromatic heterocycles. The van der Waals surface area contributed by atoms with Crippen LogP contribution in [0.5, 0.6) is 5.75 Å². The summed E-state index contributed by atoms with van der Waals surface area (Å²) in [5, 5.41) is 14.4. The lowest BCUT2D eigenvalue weighted by Gasteiger charge is -2.09. The molecule has 6 nitrogen and oxygen atoms in total. The highest BCUT2D eigenvalue weighted by Gasteiger charge is 2.05. The number of carbonyl (C=O) groups is 2. The molecular formula is C18H16ClN3O3. The molecule has 2 aromatic rings. The lowest BCUT2D eigenvalue weighted by molar-refractivity contribution is -0.120. The maximum atomic E-state index is 11.9. The first-order valence-corrected chi connectivity index (χ1v) is 7.85. The van der Waals surface area contributed by atoms with Gasteiger partial charge in [0.15, 0.2) is 6.61 Å². The van der Waals surface area contributed by atoms with Crippen LogP contribution in [0, 0.1) is 11.3 Å². The summed E-state index contributed by atoms with van der Waals surface area (Å²) in [6.07, 6.45) is -0.182. The molecule has 2 aromatic carbocycles. The Labute approximate surface area is 150 Å². The van der Waals surface area contributed by atoms with E-state index < -0.39 is 0 Å². The van der Waals surface area contributed by atoms with Gasteiger partial charge in [-0.05, 0) is 42.0 Å². The van der Waals surface area contributed by atoms with E-state index in [-0.39, 0.29) is 31.4 Å². The fourth-order valence-corrected chi connectivity index (χ4v) is 2.10.